The zero-order valence-electron chi connectivity index (χ0n) is 29.7. The van der Waals surface area contributed by atoms with Gasteiger partial charge in [0.1, 0.15) is 0 Å². The monoisotopic (exact) mass is 603 g/mol. The maximum absolute atomic E-state index is 6.46. The molecule has 0 rings (SSSR count). The third-order valence-electron chi connectivity index (χ3n) is 8.49. The molecule has 0 aliphatic heterocycles. The smallest absolute Gasteiger partial charge is 0.286 e. The molecule has 6 heteroatoms. The van der Waals surface area contributed by atoms with Crippen LogP contribution in [0.2, 0.25) is 0 Å². The van der Waals surface area contributed by atoms with Gasteiger partial charge in [-0.3, -0.25) is 0 Å². The molecule has 0 aromatic heterocycles. The van der Waals surface area contributed by atoms with E-state index in [9.17, 15) is 0 Å². The first-order valence-electron chi connectivity index (χ1n) is 18.3. The van der Waals surface area contributed by atoms with Gasteiger partial charge in [-0.1, -0.05) is 111 Å². The molecule has 0 fully saturated rings. The van der Waals surface area contributed by atoms with Crippen LogP contribution in [0.5, 0.6) is 0 Å². The molecule has 0 spiro atoms. The van der Waals surface area contributed by atoms with E-state index in [4.69, 9.17) is 28.4 Å². The predicted octanol–water partition coefficient (Wildman–Crippen LogP) is 10.7. The molecule has 0 aliphatic rings. The molecule has 0 saturated heterocycles. The molecular weight excluding hydrogens is 528 g/mol. The summed E-state index contributed by atoms with van der Waals surface area (Å²) >= 11 is 0. The van der Waals surface area contributed by atoms with Gasteiger partial charge in [-0.05, 0) is 60.3 Å². The van der Waals surface area contributed by atoms with E-state index in [1.54, 1.807) is 0 Å². The van der Waals surface area contributed by atoms with E-state index in [0.29, 0.717) is 39.6 Å². The van der Waals surface area contributed by atoms with E-state index >= 15 is 0 Å². The Morgan fingerprint density at radius 1 is 0.357 bits per heavy atom. The van der Waals surface area contributed by atoms with E-state index in [1.165, 1.54) is 77.0 Å². The Balaban J connectivity index is 6.34. The minimum Gasteiger partial charge on any atom is -0.328 e. The fourth-order valence-corrected chi connectivity index (χ4v) is 6.55. The Kier molecular flexibility index (Phi) is 26.9. The summed E-state index contributed by atoms with van der Waals surface area (Å²) in [5.74, 6) is -2.09. The fraction of sp³-hybridized carbons (Fsp3) is 1.00. The Bertz CT molecular complexity index is 489. The van der Waals surface area contributed by atoms with Crippen LogP contribution in [0.15, 0.2) is 0 Å². The van der Waals surface area contributed by atoms with Gasteiger partial charge in [-0.25, -0.2) is 0 Å². The molecule has 0 aliphatic carbocycles. The van der Waals surface area contributed by atoms with Crippen LogP contribution in [0, 0.1) is 17.8 Å². The van der Waals surface area contributed by atoms with Crippen molar-refractivity contribution >= 4 is 0 Å². The molecule has 0 heterocycles. The largest absolute Gasteiger partial charge is 0.328 e. The topological polar surface area (TPSA) is 55.4 Å². The molecule has 2 unspecified atom stereocenters. The number of ether oxygens (including phenoxy) is 6. The standard InChI is InChI=1S/C36H74O6/c1-10-18-20-22-24-26-28-30-33(35(37-12-3,38-13-4)39-14-5)32(9)34(31-29-27-25-23-21-19-11-2)36(40-15-6,41-16-7)42-17-8/h32-34H,10-31H2,1-9H3. The highest BCUT2D eigenvalue weighted by molar-refractivity contribution is 4.87. The van der Waals surface area contributed by atoms with Crippen molar-refractivity contribution < 1.29 is 28.4 Å². The van der Waals surface area contributed by atoms with Gasteiger partial charge in [0.25, 0.3) is 11.9 Å². The van der Waals surface area contributed by atoms with Crippen LogP contribution in [-0.2, 0) is 28.4 Å². The number of unbranched alkanes of at least 4 members (excludes halogenated alkanes) is 12. The van der Waals surface area contributed by atoms with Crippen molar-refractivity contribution in [3.05, 3.63) is 0 Å². The second-order valence-corrected chi connectivity index (χ2v) is 11.7. The quantitative estimate of drug-likeness (QED) is 0.0564. The van der Waals surface area contributed by atoms with Crippen molar-refractivity contribution in [1.82, 2.24) is 0 Å². The summed E-state index contributed by atoms with van der Waals surface area (Å²) in [4.78, 5) is 0. The van der Waals surface area contributed by atoms with Crippen molar-refractivity contribution in [3.8, 4) is 0 Å². The molecule has 2 atom stereocenters. The first-order chi connectivity index (χ1) is 20.4. The molecule has 254 valence electrons. The Morgan fingerprint density at radius 2 is 0.595 bits per heavy atom. The summed E-state index contributed by atoms with van der Waals surface area (Å²) in [5, 5.41) is 0. The molecule has 0 aromatic rings. The average molecular weight is 603 g/mol. The molecule has 0 aromatic carbocycles. The summed E-state index contributed by atoms with van der Waals surface area (Å²) in [6.45, 7) is 22.2. The molecular formula is C36H74O6. The van der Waals surface area contributed by atoms with Crippen LogP contribution < -0.4 is 0 Å². The lowest BCUT2D eigenvalue weighted by Crippen LogP contribution is -2.55. The van der Waals surface area contributed by atoms with Crippen LogP contribution in [0.25, 0.3) is 0 Å². The Morgan fingerprint density at radius 3 is 0.833 bits per heavy atom. The van der Waals surface area contributed by atoms with Crippen molar-refractivity contribution in [2.45, 2.75) is 177 Å². The van der Waals surface area contributed by atoms with Gasteiger partial charge >= 0.3 is 0 Å². The summed E-state index contributed by atoms with van der Waals surface area (Å²) in [6, 6.07) is 0. The SMILES string of the molecule is CCCCCCCCCC(C(C)C(CCCCCCCCC)C(OCC)(OCC)OCC)C(OCC)(OCC)OCC. The van der Waals surface area contributed by atoms with Gasteiger partial charge in [0, 0.05) is 51.5 Å². The minimum atomic E-state index is -1.10. The Labute approximate surface area is 262 Å². The number of hydrogen-bond donors (Lipinski definition) is 0. The number of rotatable bonds is 32. The van der Waals surface area contributed by atoms with Crippen LogP contribution in [-0.4, -0.2) is 51.6 Å². The highest BCUT2D eigenvalue weighted by Gasteiger charge is 2.53. The summed E-state index contributed by atoms with van der Waals surface area (Å²) in [6.07, 6.45) is 19.6. The van der Waals surface area contributed by atoms with E-state index in [0.717, 1.165) is 25.7 Å². The van der Waals surface area contributed by atoms with Crippen LogP contribution in [0.1, 0.15) is 165 Å². The second kappa shape index (κ2) is 27.1. The molecule has 0 saturated carbocycles. The van der Waals surface area contributed by atoms with Gasteiger partial charge < -0.3 is 28.4 Å². The first kappa shape index (κ1) is 41.8. The predicted molar refractivity (Wildman–Crippen MR) is 177 cm³/mol. The fourth-order valence-electron chi connectivity index (χ4n) is 6.55. The third kappa shape index (κ3) is 15.7. The zero-order valence-corrected chi connectivity index (χ0v) is 29.7. The van der Waals surface area contributed by atoms with Gasteiger partial charge in [0.2, 0.25) is 0 Å². The zero-order chi connectivity index (χ0) is 31.5. The van der Waals surface area contributed by atoms with Gasteiger partial charge in [-0.15, -0.1) is 0 Å². The Hall–Kier alpha value is -0.240. The third-order valence-corrected chi connectivity index (χ3v) is 8.49. The molecule has 0 N–H and O–H groups in total. The number of hydrogen-bond acceptors (Lipinski definition) is 6. The summed E-state index contributed by atoms with van der Waals surface area (Å²) in [7, 11) is 0. The maximum Gasteiger partial charge on any atom is 0.286 e. The summed E-state index contributed by atoms with van der Waals surface area (Å²) < 4.78 is 38.8. The lowest BCUT2D eigenvalue weighted by molar-refractivity contribution is -0.432. The lowest BCUT2D eigenvalue weighted by Gasteiger charge is -2.48. The second-order valence-electron chi connectivity index (χ2n) is 11.7. The van der Waals surface area contributed by atoms with Gasteiger partial charge in [0.05, 0.1) is 0 Å². The van der Waals surface area contributed by atoms with E-state index in [1.807, 2.05) is 41.5 Å². The molecule has 42 heavy (non-hydrogen) atoms. The highest BCUT2D eigenvalue weighted by atomic mass is 16.9. The molecule has 0 amide bonds. The van der Waals surface area contributed by atoms with Crippen molar-refractivity contribution in [2.24, 2.45) is 17.8 Å². The van der Waals surface area contributed by atoms with Crippen LogP contribution in [0.4, 0.5) is 0 Å². The highest BCUT2D eigenvalue weighted by Crippen LogP contribution is 2.45. The first-order valence-corrected chi connectivity index (χ1v) is 18.3. The van der Waals surface area contributed by atoms with Crippen molar-refractivity contribution in [2.75, 3.05) is 39.6 Å². The van der Waals surface area contributed by atoms with E-state index < -0.39 is 11.9 Å². The van der Waals surface area contributed by atoms with Gasteiger partial charge in [-0.2, -0.15) is 0 Å². The van der Waals surface area contributed by atoms with E-state index in [-0.39, 0.29) is 17.8 Å². The van der Waals surface area contributed by atoms with Crippen molar-refractivity contribution in [1.29, 1.82) is 0 Å². The summed E-state index contributed by atoms with van der Waals surface area (Å²) in [5.41, 5.74) is 0. The van der Waals surface area contributed by atoms with Crippen molar-refractivity contribution in [3.63, 3.8) is 0 Å². The normalized spacial score (nSPS) is 14.8. The average Bonchev–Trinajstić information content (AvgIpc) is 2.96. The molecule has 6 nitrogen and oxygen atoms in total. The van der Waals surface area contributed by atoms with Gasteiger partial charge in [0.15, 0.2) is 0 Å². The maximum atomic E-state index is 6.46. The molecule has 0 bridgehead atoms. The van der Waals surface area contributed by atoms with Crippen LogP contribution >= 0.6 is 0 Å². The lowest BCUT2D eigenvalue weighted by atomic mass is 9.74. The molecule has 0 radical (unpaired) electrons. The van der Waals surface area contributed by atoms with E-state index in [2.05, 4.69) is 20.8 Å². The minimum absolute atomic E-state index is 0.00305. The van der Waals surface area contributed by atoms with Crippen LogP contribution in [0.3, 0.4) is 0 Å².